The fraction of sp³-hybridized carbons (Fsp3) is 0.263. The van der Waals surface area contributed by atoms with E-state index in [0.717, 1.165) is 11.1 Å². The average molecular weight is 388 g/mol. The molecule has 0 aromatic heterocycles. The van der Waals surface area contributed by atoms with Crippen LogP contribution in [0, 0.1) is 0 Å². The van der Waals surface area contributed by atoms with E-state index in [4.69, 9.17) is 5.11 Å². The van der Waals surface area contributed by atoms with Crippen molar-refractivity contribution in [2.75, 3.05) is 24.2 Å². The van der Waals surface area contributed by atoms with E-state index in [1.807, 2.05) is 0 Å². The largest absolute Gasteiger partial charge is 0.478 e. The summed E-state index contributed by atoms with van der Waals surface area (Å²) in [5, 5.41) is 8.93. The number of carboxylic acids is 1. The first-order valence-corrected chi connectivity index (χ1v) is 10.2. The van der Waals surface area contributed by atoms with Crippen molar-refractivity contribution in [1.29, 1.82) is 0 Å². The zero-order valence-electron chi connectivity index (χ0n) is 15.0. The number of benzene rings is 2. The van der Waals surface area contributed by atoms with Gasteiger partial charge in [0.2, 0.25) is 10.0 Å². The van der Waals surface area contributed by atoms with Crippen molar-refractivity contribution in [3.63, 3.8) is 0 Å². The Kier molecular flexibility index (Phi) is 4.93. The maximum absolute atomic E-state index is 12.7. The van der Waals surface area contributed by atoms with Crippen LogP contribution in [0.25, 0.3) is 0 Å². The van der Waals surface area contributed by atoms with Crippen LogP contribution in [0.3, 0.4) is 0 Å². The third-order valence-electron chi connectivity index (χ3n) is 4.55. The van der Waals surface area contributed by atoms with Crippen molar-refractivity contribution in [1.82, 2.24) is 4.90 Å². The maximum Gasteiger partial charge on any atom is 0.335 e. The second-order valence-electron chi connectivity index (χ2n) is 6.59. The lowest BCUT2D eigenvalue weighted by Crippen LogP contribution is -2.28. The van der Waals surface area contributed by atoms with Gasteiger partial charge in [-0.2, -0.15) is 0 Å². The van der Waals surface area contributed by atoms with E-state index in [9.17, 15) is 18.0 Å². The number of carboxylic acid groups (broad SMARTS) is 1. The molecular formula is C19H20N2O5S. The van der Waals surface area contributed by atoms with Gasteiger partial charge in [-0.15, -0.1) is 0 Å². The molecule has 27 heavy (non-hydrogen) atoms. The Labute approximate surface area is 157 Å². The minimum Gasteiger partial charge on any atom is -0.478 e. The van der Waals surface area contributed by atoms with Crippen LogP contribution in [0.15, 0.2) is 42.5 Å². The molecule has 1 aliphatic heterocycles. The van der Waals surface area contributed by atoms with Gasteiger partial charge in [0.25, 0.3) is 5.91 Å². The molecule has 0 fully saturated rings. The standard InChI is InChI=1S/C19H20N2O5S/c1-20(12-13-3-5-14(6-4-13)19(23)24)18(22)16-7-8-17-15(11-16)9-10-21(17)27(2,25)26/h3-8,11H,9-10,12H2,1-2H3,(H,23,24). The molecule has 1 N–H and O–H groups in total. The monoisotopic (exact) mass is 388 g/mol. The fourth-order valence-corrected chi connectivity index (χ4v) is 4.13. The minimum absolute atomic E-state index is 0.182. The predicted molar refractivity (Wildman–Crippen MR) is 102 cm³/mol. The van der Waals surface area contributed by atoms with Gasteiger partial charge in [-0.1, -0.05) is 12.1 Å². The van der Waals surface area contributed by atoms with Crippen molar-refractivity contribution in [3.05, 3.63) is 64.7 Å². The van der Waals surface area contributed by atoms with Crippen LogP contribution in [0.5, 0.6) is 0 Å². The number of rotatable bonds is 5. The van der Waals surface area contributed by atoms with Crippen LogP contribution in [0.2, 0.25) is 0 Å². The lowest BCUT2D eigenvalue weighted by molar-refractivity contribution is 0.0695. The highest BCUT2D eigenvalue weighted by Crippen LogP contribution is 2.31. The summed E-state index contributed by atoms with van der Waals surface area (Å²) in [4.78, 5) is 25.1. The highest BCUT2D eigenvalue weighted by Gasteiger charge is 2.27. The second kappa shape index (κ2) is 7.03. The van der Waals surface area contributed by atoms with Gasteiger partial charge in [0, 0.05) is 25.7 Å². The molecule has 0 aliphatic carbocycles. The van der Waals surface area contributed by atoms with E-state index >= 15 is 0 Å². The van der Waals surface area contributed by atoms with Crippen LogP contribution in [0.4, 0.5) is 5.69 Å². The van der Waals surface area contributed by atoms with E-state index in [-0.39, 0.29) is 11.5 Å². The molecule has 7 nitrogen and oxygen atoms in total. The summed E-state index contributed by atoms with van der Waals surface area (Å²) >= 11 is 0. The number of amides is 1. The Morgan fingerprint density at radius 3 is 2.33 bits per heavy atom. The Hall–Kier alpha value is -2.87. The van der Waals surface area contributed by atoms with E-state index in [0.29, 0.717) is 30.8 Å². The molecule has 8 heteroatoms. The number of fused-ring (bicyclic) bond motifs is 1. The van der Waals surface area contributed by atoms with Gasteiger partial charge in [-0.25, -0.2) is 13.2 Å². The van der Waals surface area contributed by atoms with Crippen LogP contribution in [0.1, 0.15) is 31.8 Å². The molecule has 0 spiro atoms. The number of sulfonamides is 1. The van der Waals surface area contributed by atoms with Crippen LogP contribution < -0.4 is 4.31 Å². The Morgan fingerprint density at radius 1 is 1.11 bits per heavy atom. The third-order valence-corrected chi connectivity index (χ3v) is 5.73. The molecule has 3 rings (SSSR count). The molecule has 1 heterocycles. The van der Waals surface area contributed by atoms with Crippen molar-refractivity contribution < 1.29 is 23.1 Å². The maximum atomic E-state index is 12.7. The van der Waals surface area contributed by atoms with E-state index in [1.54, 1.807) is 42.3 Å². The number of carbonyl (C=O) groups is 2. The molecule has 0 unspecified atom stereocenters. The fourth-order valence-electron chi connectivity index (χ4n) is 3.17. The molecule has 0 atom stereocenters. The van der Waals surface area contributed by atoms with Crippen molar-refractivity contribution >= 4 is 27.6 Å². The van der Waals surface area contributed by atoms with E-state index in [1.165, 1.54) is 22.7 Å². The molecule has 0 saturated carbocycles. The molecular weight excluding hydrogens is 368 g/mol. The molecule has 1 amide bonds. The minimum atomic E-state index is -3.32. The SMILES string of the molecule is CN(Cc1ccc(C(=O)O)cc1)C(=O)c1ccc2c(c1)CCN2S(C)(=O)=O. The Balaban J connectivity index is 1.75. The molecule has 0 radical (unpaired) electrons. The van der Waals surface area contributed by atoms with Gasteiger partial charge < -0.3 is 10.0 Å². The summed E-state index contributed by atoms with van der Waals surface area (Å²) in [6, 6.07) is 11.4. The number of anilines is 1. The van der Waals surface area contributed by atoms with Gasteiger partial charge in [-0.05, 0) is 47.9 Å². The topological polar surface area (TPSA) is 95.0 Å². The van der Waals surface area contributed by atoms with Crippen LogP contribution >= 0.6 is 0 Å². The highest BCUT2D eigenvalue weighted by atomic mass is 32.2. The summed E-state index contributed by atoms with van der Waals surface area (Å²) in [6.45, 7) is 0.725. The van der Waals surface area contributed by atoms with Gasteiger partial charge in [-0.3, -0.25) is 9.10 Å². The number of hydrogen-bond acceptors (Lipinski definition) is 4. The summed E-state index contributed by atoms with van der Waals surface area (Å²) in [6.07, 6.45) is 1.74. The molecule has 2 aromatic carbocycles. The highest BCUT2D eigenvalue weighted by molar-refractivity contribution is 7.92. The van der Waals surface area contributed by atoms with Gasteiger partial charge in [0.1, 0.15) is 0 Å². The quantitative estimate of drug-likeness (QED) is 0.845. The first-order valence-electron chi connectivity index (χ1n) is 8.35. The first-order chi connectivity index (χ1) is 12.7. The van der Waals surface area contributed by atoms with Crippen molar-refractivity contribution in [2.45, 2.75) is 13.0 Å². The molecule has 2 aromatic rings. The first kappa shape index (κ1) is 18.9. The Morgan fingerprint density at radius 2 is 1.74 bits per heavy atom. The number of hydrogen-bond donors (Lipinski definition) is 1. The lowest BCUT2D eigenvalue weighted by atomic mass is 10.1. The zero-order valence-corrected chi connectivity index (χ0v) is 15.9. The number of carbonyl (C=O) groups excluding carboxylic acids is 1. The van der Waals surface area contributed by atoms with Crippen molar-refractivity contribution in [3.8, 4) is 0 Å². The van der Waals surface area contributed by atoms with Crippen molar-refractivity contribution in [2.24, 2.45) is 0 Å². The molecule has 1 aliphatic rings. The summed E-state index contributed by atoms with van der Waals surface area (Å²) in [5.41, 5.74) is 2.97. The summed E-state index contributed by atoms with van der Waals surface area (Å²) < 4.78 is 25.0. The number of aromatic carboxylic acids is 1. The number of nitrogens with zero attached hydrogens (tertiary/aromatic N) is 2. The van der Waals surface area contributed by atoms with Gasteiger partial charge in [0.15, 0.2) is 0 Å². The predicted octanol–water partition coefficient (Wildman–Crippen LogP) is 1.98. The molecule has 142 valence electrons. The summed E-state index contributed by atoms with van der Waals surface area (Å²) in [7, 11) is -1.65. The van der Waals surface area contributed by atoms with Gasteiger partial charge in [0.05, 0.1) is 17.5 Å². The van der Waals surface area contributed by atoms with Crippen LogP contribution in [-0.4, -0.2) is 50.1 Å². The average Bonchev–Trinajstić information content (AvgIpc) is 3.05. The normalized spacial score (nSPS) is 13.3. The lowest BCUT2D eigenvalue weighted by Gasteiger charge is -2.19. The summed E-state index contributed by atoms with van der Waals surface area (Å²) in [5.74, 6) is -1.18. The molecule has 0 saturated heterocycles. The Bertz CT molecular complexity index is 999. The smallest absolute Gasteiger partial charge is 0.335 e. The zero-order chi connectivity index (χ0) is 19.8. The van der Waals surface area contributed by atoms with E-state index in [2.05, 4.69) is 0 Å². The third kappa shape index (κ3) is 3.95. The van der Waals surface area contributed by atoms with Crippen LogP contribution in [-0.2, 0) is 23.0 Å². The second-order valence-corrected chi connectivity index (χ2v) is 8.50. The molecule has 0 bridgehead atoms. The van der Waals surface area contributed by atoms with Gasteiger partial charge >= 0.3 is 5.97 Å². The van der Waals surface area contributed by atoms with E-state index < -0.39 is 16.0 Å².